The van der Waals surface area contributed by atoms with Gasteiger partial charge in [-0.2, -0.15) is 0 Å². The minimum absolute atomic E-state index is 0.197. The summed E-state index contributed by atoms with van der Waals surface area (Å²) in [6.45, 7) is 3.90. The zero-order valence-electron chi connectivity index (χ0n) is 13.9. The van der Waals surface area contributed by atoms with Crippen molar-refractivity contribution in [3.63, 3.8) is 0 Å². The monoisotopic (exact) mass is 342 g/mol. The number of hydrazine groups is 1. The molecule has 2 rings (SSSR count). The van der Waals surface area contributed by atoms with Crippen LogP contribution < -0.4 is 10.9 Å². The van der Waals surface area contributed by atoms with Gasteiger partial charge in [-0.05, 0) is 36.2 Å². The number of carbonyl (C=O) groups is 2. The van der Waals surface area contributed by atoms with Crippen LogP contribution in [0.4, 0.5) is 0 Å². The highest BCUT2D eigenvalue weighted by Gasteiger charge is 2.14. The molecular weight excluding hydrogens is 320 g/mol. The van der Waals surface area contributed by atoms with Crippen molar-refractivity contribution in [2.24, 2.45) is 5.92 Å². The van der Waals surface area contributed by atoms with Crippen molar-refractivity contribution >= 4 is 23.6 Å². The zero-order valence-corrected chi connectivity index (χ0v) is 14.7. The van der Waals surface area contributed by atoms with Crippen LogP contribution in [0.1, 0.15) is 29.8 Å². The molecule has 126 valence electrons. The van der Waals surface area contributed by atoms with E-state index in [1.54, 1.807) is 23.9 Å². The average molecular weight is 342 g/mol. The minimum Gasteiger partial charge on any atom is -0.273 e. The van der Waals surface area contributed by atoms with Crippen molar-refractivity contribution in [2.75, 3.05) is 5.75 Å². The summed E-state index contributed by atoms with van der Waals surface area (Å²) < 4.78 is 0. The van der Waals surface area contributed by atoms with Gasteiger partial charge in [-0.3, -0.25) is 20.4 Å². The third kappa shape index (κ3) is 5.42. The van der Waals surface area contributed by atoms with E-state index in [1.165, 1.54) is 5.56 Å². The molecule has 0 heterocycles. The molecule has 2 N–H and O–H groups in total. The van der Waals surface area contributed by atoms with E-state index in [0.29, 0.717) is 11.3 Å². The minimum atomic E-state index is -0.311. The van der Waals surface area contributed by atoms with Gasteiger partial charge < -0.3 is 0 Å². The van der Waals surface area contributed by atoms with Gasteiger partial charge in [-0.1, -0.05) is 44.2 Å². The first-order valence-electron chi connectivity index (χ1n) is 7.97. The quantitative estimate of drug-likeness (QED) is 0.624. The molecule has 1 unspecified atom stereocenters. The summed E-state index contributed by atoms with van der Waals surface area (Å²) in [7, 11) is 0. The van der Waals surface area contributed by atoms with Gasteiger partial charge in [0.05, 0.1) is 0 Å². The topological polar surface area (TPSA) is 58.2 Å². The number of rotatable bonds is 6. The Balaban J connectivity index is 1.77. The number of benzene rings is 2. The third-order valence-electron chi connectivity index (χ3n) is 3.61. The van der Waals surface area contributed by atoms with Crippen LogP contribution in [0.5, 0.6) is 0 Å². The standard InChI is InChI=1S/C19H22N2O2S/c1-3-15-9-11-16(12-10-15)19(23)21-20-18(22)14(2)13-24-17-7-5-4-6-8-17/h4-12,14H,3,13H2,1-2H3,(H,20,22)(H,21,23). The second-order valence-electron chi connectivity index (χ2n) is 5.52. The molecule has 0 fully saturated rings. The van der Waals surface area contributed by atoms with Crippen molar-refractivity contribution in [3.05, 3.63) is 65.7 Å². The van der Waals surface area contributed by atoms with E-state index in [4.69, 9.17) is 0 Å². The summed E-state index contributed by atoms with van der Waals surface area (Å²) in [5.41, 5.74) is 6.66. The molecule has 24 heavy (non-hydrogen) atoms. The lowest BCUT2D eigenvalue weighted by atomic mass is 10.1. The van der Waals surface area contributed by atoms with E-state index in [1.807, 2.05) is 49.4 Å². The Morgan fingerprint density at radius 3 is 2.29 bits per heavy atom. The van der Waals surface area contributed by atoms with Gasteiger partial charge in [0.15, 0.2) is 0 Å². The number of carbonyl (C=O) groups excluding carboxylic acids is 2. The molecule has 1 atom stereocenters. The molecule has 2 amide bonds. The van der Waals surface area contributed by atoms with Crippen LogP contribution in [-0.2, 0) is 11.2 Å². The van der Waals surface area contributed by atoms with Crippen molar-refractivity contribution < 1.29 is 9.59 Å². The molecule has 0 saturated heterocycles. The number of hydrogen-bond acceptors (Lipinski definition) is 3. The van der Waals surface area contributed by atoms with Gasteiger partial charge in [-0.25, -0.2) is 0 Å². The summed E-state index contributed by atoms with van der Waals surface area (Å²) in [5.74, 6) is -0.0689. The van der Waals surface area contributed by atoms with Gasteiger partial charge in [-0.15, -0.1) is 11.8 Å². The van der Waals surface area contributed by atoms with Gasteiger partial charge >= 0.3 is 0 Å². The van der Waals surface area contributed by atoms with E-state index >= 15 is 0 Å². The molecule has 0 bridgehead atoms. The molecule has 0 aliphatic rings. The molecule has 0 spiro atoms. The number of thioether (sulfide) groups is 1. The smallest absolute Gasteiger partial charge is 0.269 e. The molecular formula is C19H22N2O2S. The summed E-state index contributed by atoms with van der Waals surface area (Å²) in [6.07, 6.45) is 0.926. The normalized spacial score (nSPS) is 11.6. The van der Waals surface area contributed by atoms with Crippen LogP contribution in [0, 0.1) is 5.92 Å². The maximum atomic E-state index is 12.1. The van der Waals surface area contributed by atoms with Crippen LogP contribution in [0.15, 0.2) is 59.5 Å². The molecule has 0 aliphatic carbocycles. The van der Waals surface area contributed by atoms with Crippen molar-refractivity contribution in [1.82, 2.24) is 10.9 Å². The van der Waals surface area contributed by atoms with Crippen LogP contribution in [0.2, 0.25) is 0 Å². The summed E-state index contributed by atoms with van der Waals surface area (Å²) >= 11 is 1.62. The predicted molar refractivity (Wildman–Crippen MR) is 97.8 cm³/mol. The maximum Gasteiger partial charge on any atom is 0.269 e. The molecule has 4 nitrogen and oxygen atoms in total. The van der Waals surface area contributed by atoms with Crippen LogP contribution in [0.3, 0.4) is 0 Å². The van der Waals surface area contributed by atoms with E-state index in [9.17, 15) is 9.59 Å². The molecule has 0 radical (unpaired) electrons. The average Bonchev–Trinajstić information content (AvgIpc) is 2.64. The van der Waals surface area contributed by atoms with Gasteiger partial charge in [0.2, 0.25) is 5.91 Å². The van der Waals surface area contributed by atoms with Crippen molar-refractivity contribution in [1.29, 1.82) is 0 Å². The summed E-state index contributed by atoms with van der Waals surface area (Å²) in [4.78, 5) is 25.2. The fraction of sp³-hybridized carbons (Fsp3) is 0.263. The van der Waals surface area contributed by atoms with Crippen molar-refractivity contribution in [3.8, 4) is 0 Å². The highest BCUT2D eigenvalue weighted by atomic mass is 32.2. The number of amides is 2. The summed E-state index contributed by atoms with van der Waals surface area (Å²) in [5, 5.41) is 0. The Bertz CT molecular complexity index is 672. The van der Waals surface area contributed by atoms with Gasteiger partial charge in [0, 0.05) is 22.1 Å². The number of aryl methyl sites for hydroxylation is 1. The molecule has 5 heteroatoms. The zero-order chi connectivity index (χ0) is 17.4. The molecule has 0 aliphatic heterocycles. The summed E-state index contributed by atoms with van der Waals surface area (Å²) in [6, 6.07) is 17.3. The molecule has 2 aromatic carbocycles. The maximum absolute atomic E-state index is 12.1. The molecule has 0 saturated carbocycles. The Hall–Kier alpha value is -2.27. The second-order valence-corrected chi connectivity index (χ2v) is 6.61. The molecule has 2 aromatic rings. The molecule has 0 aromatic heterocycles. The van der Waals surface area contributed by atoms with Crippen LogP contribution >= 0.6 is 11.8 Å². The van der Waals surface area contributed by atoms with E-state index in [-0.39, 0.29) is 17.7 Å². The van der Waals surface area contributed by atoms with Gasteiger partial charge in [0.25, 0.3) is 5.91 Å². The Morgan fingerprint density at radius 1 is 1.00 bits per heavy atom. The Labute approximate surface area is 147 Å². The Kier molecular flexibility index (Phi) is 6.88. The SMILES string of the molecule is CCc1ccc(C(=O)NNC(=O)C(C)CSc2ccccc2)cc1. The number of hydrogen-bond donors (Lipinski definition) is 2. The highest BCUT2D eigenvalue weighted by Crippen LogP contribution is 2.19. The lowest BCUT2D eigenvalue weighted by molar-refractivity contribution is -0.124. The van der Waals surface area contributed by atoms with Crippen LogP contribution in [-0.4, -0.2) is 17.6 Å². The highest BCUT2D eigenvalue weighted by molar-refractivity contribution is 7.99. The van der Waals surface area contributed by atoms with Gasteiger partial charge in [0.1, 0.15) is 0 Å². The Morgan fingerprint density at radius 2 is 1.67 bits per heavy atom. The predicted octanol–water partition coefficient (Wildman–Crippen LogP) is 3.44. The first-order valence-corrected chi connectivity index (χ1v) is 8.95. The number of nitrogens with one attached hydrogen (secondary N) is 2. The lowest BCUT2D eigenvalue weighted by Crippen LogP contribution is -2.44. The van der Waals surface area contributed by atoms with E-state index in [2.05, 4.69) is 17.8 Å². The van der Waals surface area contributed by atoms with Crippen molar-refractivity contribution in [2.45, 2.75) is 25.2 Å². The van der Waals surface area contributed by atoms with E-state index < -0.39 is 0 Å². The lowest BCUT2D eigenvalue weighted by Gasteiger charge is -2.13. The largest absolute Gasteiger partial charge is 0.273 e. The van der Waals surface area contributed by atoms with Crippen LogP contribution in [0.25, 0.3) is 0 Å². The third-order valence-corrected chi connectivity index (χ3v) is 4.89. The van der Waals surface area contributed by atoms with E-state index in [0.717, 1.165) is 11.3 Å². The first-order chi connectivity index (χ1) is 11.6. The fourth-order valence-electron chi connectivity index (χ4n) is 2.02. The first kappa shape index (κ1) is 18.1. The second kappa shape index (κ2) is 9.13. The fourth-order valence-corrected chi connectivity index (χ4v) is 2.96.